The lowest BCUT2D eigenvalue weighted by Gasteiger charge is -2.36. The number of piperazine rings is 3. The number of nitriles is 3. The lowest BCUT2D eigenvalue weighted by molar-refractivity contribution is -0.127. The van der Waals surface area contributed by atoms with Crippen molar-refractivity contribution in [1.29, 1.82) is 15.8 Å². The van der Waals surface area contributed by atoms with Gasteiger partial charge in [-0.05, 0) is 110 Å². The van der Waals surface area contributed by atoms with Gasteiger partial charge in [0.05, 0.1) is 161 Å². The Hall–Kier alpha value is -10.9. The number of hydrogen-bond donors (Lipinski definition) is 3. The van der Waals surface area contributed by atoms with E-state index in [-0.39, 0.29) is 191 Å². The zero-order valence-electron chi connectivity index (χ0n) is 73.2. The molecule has 3 aliphatic heterocycles. The minimum absolute atomic E-state index is 0.00369. The molecule has 3 aromatic carbocycles. The number of aromatic nitrogens is 9. The normalized spacial score (nSPS) is 13.4. The number of rotatable bonds is 15. The number of carbonyl (C=O) groups excluding carboxylic acids is 3. The van der Waals surface area contributed by atoms with Crippen molar-refractivity contribution in [3.8, 4) is 69.0 Å². The number of nitrogens with zero attached hydrogens (tertiary/aromatic N) is 18. The zero-order valence-corrected chi connectivity index (χ0v) is 83.8. The Bertz CT molecular complexity index is 6640. The van der Waals surface area contributed by atoms with Gasteiger partial charge in [0.15, 0.2) is 5.82 Å². The standard InChI is InChI=1S/2C31H26Cl5N7O2.C31H26Cl4FN7O2/c2*1-5-19(44)41-8-10-42(11-9-41)29-16-12-18(32)27(20-21(33)22(34)23(35)24(36)25(20)38)40-30(16)43(31(45)17(29)13-37)28-15(4)6-7-39-26(28)14(2)3;1-5-19(44)41-8-10-42(11-9-41)29-16-12-18(32)27(20-24(36)22(34)21(33)23(35)25(20)38)40-30(16)43(31(45)17(29)13-37)28-15(4)6-7-39-26(28)14(2)3/h3*5-7,12,14H,1,8-11,38H2,2-4H3. The maximum Gasteiger partial charge on any atom is 0.276 e. The third-order valence-corrected chi connectivity index (χ3v) is 29.0. The monoisotopic (exact) mass is 2090 g/mol. The number of benzene rings is 3. The lowest BCUT2D eigenvalue weighted by atomic mass is 10.0. The van der Waals surface area contributed by atoms with Crippen LogP contribution in [-0.4, -0.2) is 155 Å². The van der Waals surface area contributed by atoms with E-state index in [1.54, 1.807) is 63.6 Å². The van der Waals surface area contributed by atoms with E-state index in [1.807, 2.05) is 77.0 Å². The van der Waals surface area contributed by atoms with Crippen molar-refractivity contribution in [2.24, 2.45) is 0 Å². The van der Waals surface area contributed by atoms with Crippen LogP contribution < -0.4 is 48.6 Å². The topological polar surface area (TPSA) is 363 Å². The summed E-state index contributed by atoms with van der Waals surface area (Å²) in [5, 5.41) is 31.4. The van der Waals surface area contributed by atoms with Gasteiger partial charge in [0, 0.05) is 124 Å². The maximum absolute atomic E-state index is 15.7. The number of fused-ring (bicyclic) bond motifs is 3. The number of amides is 3. The summed E-state index contributed by atoms with van der Waals surface area (Å²) >= 11 is 90.6. The fourth-order valence-electron chi connectivity index (χ4n) is 16.6. The molecule has 135 heavy (non-hydrogen) atoms. The van der Waals surface area contributed by atoms with E-state index in [0.29, 0.717) is 146 Å². The van der Waals surface area contributed by atoms with Crippen LogP contribution in [0.2, 0.25) is 70.3 Å². The van der Waals surface area contributed by atoms with E-state index in [2.05, 4.69) is 52.9 Å². The van der Waals surface area contributed by atoms with Gasteiger partial charge in [-0.2, -0.15) is 15.8 Å². The molecule has 0 spiro atoms. The first-order valence-corrected chi connectivity index (χ1v) is 46.6. The van der Waals surface area contributed by atoms with Gasteiger partial charge >= 0.3 is 0 Å². The average molecular weight is 2100 g/mol. The molecule has 6 N–H and O–H groups in total. The van der Waals surface area contributed by atoms with Gasteiger partial charge < -0.3 is 46.6 Å². The van der Waals surface area contributed by atoms with Crippen LogP contribution in [0.4, 0.5) is 38.5 Å². The summed E-state index contributed by atoms with van der Waals surface area (Å²) < 4.78 is 19.8. The Morgan fingerprint density at radius 3 is 0.859 bits per heavy atom. The van der Waals surface area contributed by atoms with Crippen molar-refractivity contribution >= 4 is 247 Å². The molecule has 0 atom stereocenters. The Labute approximate surface area is 843 Å². The van der Waals surface area contributed by atoms with Crippen LogP contribution >= 0.6 is 162 Å². The van der Waals surface area contributed by atoms with Gasteiger partial charge in [-0.15, -0.1) is 0 Å². The van der Waals surface area contributed by atoms with Crippen LogP contribution in [0.1, 0.15) is 110 Å². The van der Waals surface area contributed by atoms with Crippen LogP contribution in [0.15, 0.2) is 107 Å². The van der Waals surface area contributed by atoms with E-state index in [1.165, 1.54) is 38.0 Å². The summed E-state index contributed by atoms with van der Waals surface area (Å²) in [6, 6.07) is 16.4. The molecule has 0 aliphatic carbocycles. The lowest BCUT2D eigenvalue weighted by Crippen LogP contribution is -2.49. The van der Waals surface area contributed by atoms with Crippen molar-refractivity contribution in [2.45, 2.75) is 80.1 Å². The third-order valence-electron chi connectivity index (χ3n) is 23.2. The van der Waals surface area contributed by atoms with E-state index >= 15 is 4.39 Å². The van der Waals surface area contributed by atoms with Crippen LogP contribution in [0.5, 0.6) is 0 Å². The van der Waals surface area contributed by atoms with Gasteiger partial charge in [-0.3, -0.25) is 57.4 Å². The highest BCUT2D eigenvalue weighted by atomic mass is 35.5. The van der Waals surface area contributed by atoms with Gasteiger partial charge in [0.1, 0.15) is 51.8 Å². The summed E-state index contributed by atoms with van der Waals surface area (Å²) in [4.78, 5) is 119. The molecule has 12 heterocycles. The van der Waals surface area contributed by atoms with Gasteiger partial charge in [-0.25, -0.2) is 19.3 Å². The minimum Gasteiger partial charge on any atom is -0.397 e. The van der Waals surface area contributed by atoms with E-state index < -0.39 is 27.5 Å². The number of pyridine rings is 9. The zero-order chi connectivity index (χ0) is 98.7. The molecule has 3 amide bonds. The molecule has 0 saturated carbocycles. The number of halogens is 15. The number of aryl methyl sites for hydroxylation is 3. The number of carbonyl (C=O) groups is 3. The molecule has 3 saturated heterocycles. The van der Waals surface area contributed by atoms with Crippen molar-refractivity contribution < 1.29 is 18.8 Å². The summed E-state index contributed by atoms with van der Waals surface area (Å²) in [5.74, 6) is -1.93. The third kappa shape index (κ3) is 18.4. The molecule has 3 fully saturated rings. The molecular weight excluding hydrogens is 2020 g/mol. The smallest absolute Gasteiger partial charge is 0.276 e. The second kappa shape index (κ2) is 41.2. The summed E-state index contributed by atoms with van der Waals surface area (Å²) in [6.07, 6.45) is 8.72. The second-order valence-corrected chi connectivity index (χ2v) is 37.6. The molecule has 15 rings (SSSR count). The number of hydrogen-bond acceptors (Lipinski definition) is 21. The predicted molar refractivity (Wildman–Crippen MR) is 543 cm³/mol. The van der Waals surface area contributed by atoms with Gasteiger partial charge in [0.2, 0.25) is 17.7 Å². The summed E-state index contributed by atoms with van der Waals surface area (Å²) in [6.45, 7) is 31.9. The molecule has 42 heteroatoms. The quantitative estimate of drug-likeness (QED) is 0.0371. The highest BCUT2D eigenvalue weighted by Gasteiger charge is 2.38. The van der Waals surface area contributed by atoms with Crippen LogP contribution in [0, 0.1) is 60.6 Å². The predicted octanol–water partition coefficient (Wildman–Crippen LogP) is 21.8. The Morgan fingerprint density at radius 1 is 0.378 bits per heavy atom. The molecule has 12 aromatic rings. The minimum atomic E-state index is -0.997. The van der Waals surface area contributed by atoms with E-state index in [4.69, 9.17) is 195 Å². The van der Waals surface area contributed by atoms with E-state index in [9.17, 15) is 44.6 Å². The van der Waals surface area contributed by atoms with Crippen molar-refractivity contribution in [3.05, 3.63) is 251 Å². The first-order chi connectivity index (χ1) is 64.0. The fourth-order valence-corrected chi connectivity index (χ4v) is 19.8. The molecule has 696 valence electrons. The summed E-state index contributed by atoms with van der Waals surface area (Å²) in [5.41, 5.74) is 23.3. The first-order valence-electron chi connectivity index (χ1n) is 41.3. The van der Waals surface area contributed by atoms with Crippen LogP contribution in [0.25, 0.3) is 83.9 Å². The van der Waals surface area contributed by atoms with Crippen LogP contribution in [-0.2, 0) is 14.4 Å². The van der Waals surface area contributed by atoms with Gasteiger partial charge in [0.25, 0.3) is 16.7 Å². The molecule has 27 nitrogen and oxygen atoms in total. The highest BCUT2D eigenvalue weighted by Crippen LogP contribution is 2.53. The molecule has 3 aliphatic rings. The van der Waals surface area contributed by atoms with Crippen LogP contribution in [0.3, 0.4) is 0 Å². The SMILES string of the molecule is C=CC(=O)N1CCN(c2c(C#N)c(=O)n(-c3c(C)ccnc3C(C)C)c3nc(-c4c(N)c(Cl)c(Cl)c(Cl)c4Cl)c(Cl)cc23)CC1.C=CC(=O)N1CCN(c2c(C#N)c(=O)n(-c3c(C)ccnc3C(C)C)c3nc(-c4c(N)c(Cl)c(Cl)c(Cl)c4Cl)c(Cl)cc23)CC1.C=CC(=O)N1CCN(c2c(C#N)c(=O)n(-c3c(C)ccnc3C(C)C)c3nc(-c4c(N)c(Cl)c(Cl)c(Cl)c4F)c(Cl)cc23)CC1. The molecular formula is C93H78Cl14FN21O6. The van der Waals surface area contributed by atoms with E-state index in [0.717, 1.165) is 11.1 Å². The molecule has 0 unspecified atom stereocenters. The molecule has 9 aromatic heterocycles. The maximum atomic E-state index is 15.7. The average Bonchev–Trinajstić information content (AvgIpc) is 0.728. The van der Waals surface area contributed by atoms with Crippen molar-refractivity contribution in [1.82, 2.24) is 58.3 Å². The summed E-state index contributed by atoms with van der Waals surface area (Å²) in [7, 11) is 0. The molecule has 0 bridgehead atoms. The first kappa shape index (κ1) is 102. The number of nitrogen functional groups attached to an aromatic ring is 3. The number of anilines is 6. The van der Waals surface area contributed by atoms with Crippen molar-refractivity contribution in [2.75, 3.05) is 110 Å². The Morgan fingerprint density at radius 2 is 0.615 bits per heavy atom. The van der Waals surface area contributed by atoms with Gasteiger partial charge in [-0.1, -0.05) is 224 Å². The fraction of sp³-hybridized carbons (Fsp3) is 0.258. The largest absolute Gasteiger partial charge is 0.397 e. The Balaban J connectivity index is 0.000000171. The Kier molecular flexibility index (Phi) is 31.0. The second-order valence-electron chi connectivity index (χ2n) is 32.2. The highest BCUT2D eigenvalue weighted by molar-refractivity contribution is 6.56. The van der Waals surface area contributed by atoms with Crippen molar-refractivity contribution in [3.63, 3.8) is 0 Å². The number of nitrogens with two attached hydrogens (primary N) is 3. The molecule has 0 radical (unpaired) electrons.